The Hall–Kier alpha value is -3.70. The summed E-state index contributed by atoms with van der Waals surface area (Å²) in [6, 6.07) is 11.1. The molecule has 0 bridgehead atoms. The van der Waals surface area contributed by atoms with Crippen LogP contribution in [0.5, 0.6) is 5.75 Å². The second-order valence-corrected chi connectivity index (χ2v) is 12.9. The van der Waals surface area contributed by atoms with Crippen molar-refractivity contribution in [3.63, 3.8) is 0 Å². The maximum Gasteiger partial charge on any atom is 0.410 e. The Morgan fingerprint density at radius 2 is 1.57 bits per heavy atom. The number of phenols is 1. The van der Waals surface area contributed by atoms with Gasteiger partial charge in [-0.05, 0) is 55.7 Å². The van der Waals surface area contributed by atoms with E-state index in [4.69, 9.17) is 20.4 Å². The number of aromatic hydroxyl groups is 1. The summed E-state index contributed by atoms with van der Waals surface area (Å²) in [5, 5.41) is 23.0. The van der Waals surface area contributed by atoms with Crippen LogP contribution in [0.15, 0.2) is 36.4 Å². The lowest BCUT2D eigenvalue weighted by Crippen LogP contribution is -2.52. The van der Waals surface area contributed by atoms with Crippen LogP contribution in [0.25, 0.3) is 0 Å². The Bertz CT molecular complexity index is 1420. The number of amides is 4. The van der Waals surface area contributed by atoms with Crippen LogP contribution >= 0.6 is 0 Å². The summed E-state index contributed by atoms with van der Waals surface area (Å²) < 4.78 is 5.94. The lowest BCUT2D eigenvalue weighted by Gasteiger charge is -2.39. The minimum atomic E-state index is -1.10. The average molecular weight is 625 g/mol. The summed E-state index contributed by atoms with van der Waals surface area (Å²) >= 11 is 0. The van der Waals surface area contributed by atoms with Crippen molar-refractivity contribution < 1.29 is 29.3 Å². The van der Waals surface area contributed by atoms with Crippen molar-refractivity contribution in [1.29, 1.82) is 0 Å². The van der Waals surface area contributed by atoms with Crippen LogP contribution in [0, 0.1) is 0 Å². The maximum absolute atomic E-state index is 13.9. The topological polar surface area (TPSA) is 126 Å². The zero-order chi connectivity index (χ0) is 32.4. The third-order valence-electron chi connectivity index (χ3n) is 9.96. The second-order valence-electron chi connectivity index (χ2n) is 12.9. The Morgan fingerprint density at radius 3 is 2.24 bits per heavy atom. The van der Waals surface area contributed by atoms with Crippen LogP contribution in [0.4, 0.5) is 15.3 Å². The van der Waals surface area contributed by atoms with Crippen LogP contribution in [0.2, 0.25) is 0 Å². The summed E-state index contributed by atoms with van der Waals surface area (Å²) in [5.74, 6) is -0.503. The van der Waals surface area contributed by atoms with E-state index in [1.54, 1.807) is 21.9 Å². The molecule has 4 heterocycles. The van der Waals surface area contributed by atoms with Crippen molar-refractivity contribution in [2.24, 2.45) is 0 Å². The lowest BCUT2D eigenvalue weighted by atomic mass is 9.83. The number of hydrogen-bond donors (Lipinski definition) is 3. The molecule has 4 radical (unpaired) electrons. The molecule has 3 fully saturated rings. The third-order valence-corrected chi connectivity index (χ3v) is 9.96. The number of para-hydroxylation sites is 1. The molecule has 4 aliphatic rings. The second kappa shape index (κ2) is 14.0. The zero-order valence-electron chi connectivity index (χ0n) is 26.1. The number of carbonyl (C=O) groups excluding carboxylic acids is 3. The highest BCUT2D eigenvalue weighted by molar-refractivity contribution is 6.41. The number of nitrogens with one attached hydrogen (secondary N) is 1. The molecule has 2 aromatic carbocycles. The molecule has 0 spiro atoms. The van der Waals surface area contributed by atoms with Crippen LogP contribution in [-0.2, 0) is 22.4 Å². The molecular weight excluding hydrogens is 584 g/mol. The van der Waals surface area contributed by atoms with Gasteiger partial charge in [0.25, 0.3) is 5.91 Å². The molecule has 1 unspecified atom stereocenters. The van der Waals surface area contributed by atoms with Gasteiger partial charge in [0, 0.05) is 70.0 Å². The fraction of sp³-hybridized carbons (Fsp3) is 0.545. The van der Waals surface area contributed by atoms with Crippen LogP contribution in [0.3, 0.4) is 0 Å². The van der Waals surface area contributed by atoms with E-state index >= 15 is 0 Å². The van der Waals surface area contributed by atoms with Gasteiger partial charge in [0.05, 0.1) is 6.10 Å². The van der Waals surface area contributed by atoms with Gasteiger partial charge in [0.15, 0.2) is 6.10 Å². The number of fused-ring (bicyclic) bond motifs is 1. The highest BCUT2D eigenvalue weighted by Gasteiger charge is 2.37. The number of urea groups is 1. The van der Waals surface area contributed by atoms with E-state index in [2.05, 4.69) is 10.2 Å². The van der Waals surface area contributed by atoms with Crippen molar-refractivity contribution in [3.8, 4) is 5.75 Å². The van der Waals surface area contributed by atoms with E-state index in [0.717, 1.165) is 43.5 Å². The number of β-amino-alcohol motifs (C(OH)–C–C–N with tert-alkyl or cyclic N) is 1. The SMILES string of the molecule is [B]c1cc(C[C@@H](OC(=O)N2CCC(N3CCc4ccccc4NC3=O)CC2)C(=O)N2CCC(N3CCC(O)C3)CC2)cc([B])c1O. The van der Waals surface area contributed by atoms with Crippen molar-refractivity contribution in [2.75, 3.05) is 51.1 Å². The van der Waals surface area contributed by atoms with Gasteiger partial charge in [0.2, 0.25) is 0 Å². The molecule has 3 N–H and O–H groups in total. The molecule has 2 atom stereocenters. The fourth-order valence-corrected chi connectivity index (χ4v) is 7.31. The van der Waals surface area contributed by atoms with E-state index in [0.29, 0.717) is 63.7 Å². The molecule has 4 amide bonds. The quantitative estimate of drug-likeness (QED) is 0.403. The first-order chi connectivity index (χ1) is 22.2. The van der Waals surface area contributed by atoms with E-state index in [9.17, 15) is 24.6 Å². The van der Waals surface area contributed by atoms with Gasteiger partial charge in [-0.3, -0.25) is 9.69 Å². The van der Waals surface area contributed by atoms with Crippen LogP contribution in [-0.4, -0.2) is 134 Å². The fourth-order valence-electron chi connectivity index (χ4n) is 7.31. The first-order valence-electron chi connectivity index (χ1n) is 16.3. The van der Waals surface area contributed by atoms with Crippen LogP contribution in [0.1, 0.15) is 43.2 Å². The Labute approximate surface area is 272 Å². The summed E-state index contributed by atoms with van der Waals surface area (Å²) in [4.78, 5) is 47.9. The Balaban J connectivity index is 1.09. The number of ether oxygens (including phenoxy) is 1. The van der Waals surface area contributed by atoms with E-state index < -0.39 is 12.2 Å². The molecule has 0 aromatic heterocycles. The molecule has 11 nitrogen and oxygen atoms in total. The third kappa shape index (κ3) is 7.15. The van der Waals surface area contributed by atoms with Crippen molar-refractivity contribution in [1.82, 2.24) is 19.6 Å². The molecule has 0 saturated carbocycles. The van der Waals surface area contributed by atoms with Crippen molar-refractivity contribution >= 4 is 50.3 Å². The number of carbonyl (C=O) groups is 3. The van der Waals surface area contributed by atoms with Crippen molar-refractivity contribution in [2.45, 2.75) is 69.2 Å². The number of nitrogens with zero attached hydrogens (tertiary/aromatic N) is 4. The van der Waals surface area contributed by atoms with Crippen molar-refractivity contribution in [3.05, 3.63) is 47.5 Å². The highest BCUT2D eigenvalue weighted by atomic mass is 16.6. The largest absolute Gasteiger partial charge is 0.509 e. The first-order valence-corrected chi connectivity index (χ1v) is 16.3. The normalized spacial score (nSPS) is 22.2. The van der Waals surface area contributed by atoms with E-state index in [-0.39, 0.29) is 47.2 Å². The summed E-state index contributed by atoms with van der Waals surface area (Å²) in [5.41, 5.74) is 2.69. The lowest BCUT2D eigenvalue weighted by molar-refractivity contribution is -0.142. The van der Waals surface area contributed by atoms with Gasteiger partial charge in [0.1, 0.15) is 21.4 Å². The Morgan fingerprint density at radius 1 is 0.913 bits per heavy atom. The van der Waals surface area contributed by atoms with E-state index in [1.807, 2.05) is 29.2 Å². The summed E-state index contributed by atoms with van der Waals surface area (Å²) in [6.07, 6.45) is 2.36. The number of phenolic OH excluding ortho intramolecular Hbond substituents is 1. The molecule has 240 valence electrons. The molecule has 4 aliphatic heterocycles. The number of rotatable bonds is 6. The minimum Gasteiger partial charge on any atom is -0.509 e. The molecule has 0 aliphatic carbocycles. The van der Waals surface area contributed by atoms with Gasteiger partial charge in [-0.2, -0.15) is 0 Å². The first kappa shape index (κ1) is 32.2. The molecule has 3 saturated heterocycles. The van der Waals surface area contributed by atoms with Crippen LogP contribution < -0.4 is 16.2 Å². The maximum atomic E-state index is 13.9. The zero-order valence-corrected chi connectivity index (χ0v) is 26.1. The molecule has 13 heteroatoms. The van der Waals surface area contributed by atoms with Gasteiger partial charge >= 0.3 is 12.1 Å². The van der Waals surface area contributed by atoms with E-state index in [1.165, 1.54) is 0 Å². The standard InChI is InChI=1S/C33H41B2N5O6/c34-26-17-21(18-27(35)30(26)42)19-29(31(43)37-11-6-23(7-12-37)39-15-10-25(41)20-39)46-33(45)38-13-8-24(9-14-38)40-16-5-22-3-1-2-4-28(22)36-32(40)44/h1-4,17-18,23-25,29,41-42H,5-16,19-20H2,(H,36,44)/t25?,29-/m1/s1. The number of aliphatic hydroxyl groups excluding tert-OH is 1. The smallest absolute Gasteiger partial charge is 0.410 e. The molecule has 46 heavy (non-hydrogen) atoms. The number of piperidine rings is 2. The van der Waals surface area contributed by atoms with Gasteiger partial charge in [-0.1, -0.05) is 41.3 Å². The minimum absolute atomic E-state index is 0.0169. The predicted molar refractivity (Wildman–Crippen MR) is 175 cm³/mol. The number of hydrogen-bond acceptors (Lipinski definition) is 7. The number of benzene rings is 2. The summed E-state index contributed by atoms with van der Waals surface area (Å²) in [7, 11) is 11.9. The molecule has 6 rings (SSSR count). The molecule has 2 aromatic rings. The summed E-state index contributed by atoms with van der Waals surface area (Å²) in [6.45, 7) is 3.96. The number of aliphatic hydroxyl groups is 1. The Kier molecular flexibility index (Phi) is 9.79. The predicted octanol–water partition coefficient (Wildman–Crippen LogP) is 0.640. The van der Waals surface area contributed by atoms with Gasteiger partial charge < -0.3 is 35.0 Å². The number of anilines is 1. The van der Waals surface area contributed by atoms with Gasteiger partial charge in [-0.25, -0.2) is 9.59 Å². The number of likely N-dealkylation sites (tertiary alicyclic amines) is 3. The average Bonchev–Trinajstić information content (AvgIpc) is 3.42. The van der Waals surface area contributed by atoms with Gasteiger partial charge in [-0.15, -0.1) is 0 Å². The highest BCUT2D eigenvalue weighted by Crippen LogP contribution is 2.26. The molecular formula is C33H41B2N5O6. The monoisotopic (exact) mass is 625 g/mol.